The van der Waals surface area contributed by atoms with Gasteiger partial charge >= 0.3 is 0 Å². The summed E-state index contributed by atoms with van der Waals surface area (Å²) in [6.45, 7) is 4.25. The van der Waals surface area contributed by atoms with Crippen LogP contribution in [0.5, 0.6) is 5.88 Å². The second-order valence-corrected chi connectivity index (χ2v) is 6.52. The SMILES string of the molecule is Cc1ccc(N2CCOC3CC(COc4ccccn4)CC32)nn1. The van der Waals surface area contributed by atoms with E-state index in [1.165, 1.54) is 0 Å². The average molecular weight is 326 g/mol. The van der Waals surface area contributed by atoms with Gasteiger partial charge in [0.2, 0.25) is 5.88 Å². The van der Waals surface area contributed by atoms with Crippen LogP contribution in [0.2, 0.25) is 0 Å². The van der Waals surface area contributed by atoms with E-state index in [4.69, 9.17) is 9.47 Å². The first-order valence-corrected chi connectivity index (χ1v) is 8.52. The monoisotopic (exact) mass is 326 g/mol. The average Bonchev–Trinajstić information content (AvgIpc) is 3.05. The molecule has 0 N–H and O–H groups in total. The molecule has 6 heteroatoms. The van der Waals surface area contributed by atoms with Crippen molar-refractivity contribution in [1.29, 1.82) is 0 Å². The van der Waals surface area contributed by atoms with Gasteiger partial charge in [0.05, 0.1) is 31.1 Å². The van der Waals surface area contributed by atoms with Crippen molar-refractivity contribution in [2.45, 2.75) is 31.9 Å². The Bertz CT molecular complexity index is 664. The van der Waals surface area contributed by atoms with E-state index in [2.05, 4.69) is 26.1 Å². The number of nitrogens with zero attached hydrogens (tertiary/aromatic N) is 4. The zero-order valence-electron chi connectivity index (χ0n) is 13.8. The van der Waals surface area contributed by atoms with Gasteiger partial charge in [0.25, 0.3) is 0 Å². The minimum absolute atomic E-state index is 0.249. The van der Waals surface area contributed by atoms with Crippen LogP contribution in [0.15, 0.2) is 36.5 Å². The van der Waals surface area contributed by atoms with Crippen molar-refractivity contribution < 1.29 is 9.47 Å². The third-order valence-electron chi connectivity index (χ3n) is 4.82. The number of rotatable bonds is 4. The number of aryl methyl sites for hydroxylation is 1. The van der Waals surface area contributed by atoms with Crippen LogP contribution >= 0.6 is 0 Å². The van der Waals surface area contributed by atoms with Crippen LogP contribution in [-0.2, 0) is 4.74 Å². The Hall–Kier alpha value is -2.21. The molecule has 0 bridgehead atoms. The van der Waals surface area contributed by atoms with Crippen molar-refractivity contribution in [2.75, 3.05) is 24.7 Å². The van der Waals surface area contributed by atoms with E-state index in [1.807, 2.05) is 31.2 Å². The number of hydrogen-bond donors (Lipinski definition) is 0. The molecule has 0 amide bonds. The lowest BCUT2D eigenvalue weighted by Crippen LogP contribution is -2.49. The van der Waals surface area contributed by atoms with Crippen LogP contribution < -0.4 is 9.64 Å². The summed E-state index contributed by atoms with van der Waals surface area (Å²) in [5.74, 6) is 2.11. The summed E-state index contributed by atoms with van der Waals surface area (Å²) >= 11 is 0. The van der Waals surface area contributed by atoms with Crippen LogP contribution in [0.4, 0.5) is 5.82 Å². The van der Waals surface area contributed by atoms with E-state index < -0.39 is 0 Å². The van der Waals surface area contributed by atoms with Gasteiger partial charge in [-0.15, -0.1) is 5.10 Å². The lowest BCUT2D eigenvalue weighted by molar-refractivity contribution is 0.0229. The Kier molecular flexibility index (Phi) is 4.30. The second-order valence-electron chi connectivity index (χ2n) is 6.52. The van der Waals surface area contributed by atoms with Crippen LogP contribution in [0, 0.1) is 12.8 Å². The molecule has 4 rings (SSSR count). The minimum Gasteiger partial charge on any atom is -0.477 e. The molecule has 3 heterocycles. The van der Waals surface area contributed by atoms with Crippen molar-refractivity contribution in [3.05, 3.63) is 42.2 Å². The smallest absolute Gasteiger partial charge is 0.213 e. The van der Waals surface area contributed by atoms with Gasteiger partial charge in [0.15, 0.2) is 5.82 Å². The Morgan fingerprint density at radius 2 is 2.17 bits per heavy atom. The Labute approximate surface area is 141 Å². The molecule has 24 heavy (non-hydrogen) atoms. The number of ether oxygens (including phenoxy) is 2. The maximum Gasteiger partial charge on any atom is 0.213 e. The summed E-state index contributed by atoms with van der Waals surface area (Å²) in [6.07, 6.45) is 4.07. The summed E-state index contributed by atoms with van der Waals surface area (Å²) in [4.78, 5) is 6.57. The van der Waals surface area contributed by atoms with Gasteiger partial charge in [-0.05, 0) is 43.9 Å². The number of aromatic nitrogens is 3. The number of anilines is 1. The molecule has 1 aliphatic carbocycles. The van der Waals surface area contributed by atoms with E-state index in [1.54, 1.807) is 6.20 Å². The zero-order valence-corrected chi connectivity index (χ0v) is 13.8. The highest BCUT2D eigenvalue weighted by Crippen LogP contribution is 2.36. The van der Waals surface area contributed by atoms with Gasteiger partial charge in [0.1, 0.15) is 0 Å². The van der Waals surface area contributed by atoms with Crippen LogP contribution in [0.3, 0.4) is 0 Å². The van der Waals surface area contributed by atoms with Gasteiger partial charge in [-0.2, -0.15) is 5.10 Å². The molecule has 0 radical (unpaired) electrons. The fraction of sp³-hybridized carbons (Fsp3) is 0.500. The maximum atomic E-state index is 6.00. The molecule has 126 valence electrons. The molecule has 2 aromatic rings. The number of morpholine rings is 1. The zero-order chi connectivity index (χ0) is 16.4. The van der Waals surface area contributed by atoms with E-state index in [-0.39, 0.29) is 6.10 Å². The van der Waals surface area contributed by atoms with Crippen LogP contribution in [0.25, 0.3) is 0 Å². The van der Waals surface area contributed by atoms with E-state index in [0.717, 1.165) is 37.5 Å². The number of fused-ring (bicyclic) bond motifs is 1. The minimum atomic E-state index is 0.249. The van der Waals surface area contributed by atoms with Crippen LogP contribution in [0.1, 0.15) is 18.5 Å². The highest BCUT2D eigenvalue weighted by atomic mass is 16.5. The molecular formula is C18H22N4O2. The first kappa shape index (κ1) is 15.3. The van der Waals surface area contributed by atoms with Crippen LogP contribution in [-0.4, -0.2) is 47.1 Å². The van der Waals surface area contributed by atoms with Gasteiger partial charge < -0.3 is 14.4 Å². The van der Waals surface area contributed by atoms with Crippen molar-refractivity contribution in [2.24, 2.45) is 5.92 Å². The summed E-state index contributed by atoms with van der Waals surface area (Å²) < 4.78 is 11.8. The molecule has 0 aromatic carbocycles. The normalized spacial score (nSPS) is 26.2. The standard InChI is InChI=1S/C18H22N4O2/c1-13-5-6-17(21-20-13)22-8-9-23-16-11-14(10-15(16)22)12-24-18-4-2-3-7-19-18/h2-7,14-16H,8-12H2,1H3. The Morgan fingerprint density at radius 1 is 1.21 bits per heavy atom. The molecule has 3 unspecified atom stereocenters. The van der Waals surface area contributed by atoms with Gasteiger partial charge in [-0.3, -0.25) is 0 Å². The molecule has 1 aliphatic heterocycles. The second kappa shape index (κ2) is 6.73. The Balaban J connectivity index is 1.41. The molecular weight excluding hydrogens is 304 g/mol. The van der Waals surface area contributed by atoms with E-state index in [9.17, 15) is 0 Å². The topological polar surface area (TPSA) is 60.4 Å². The van der Waals surface area contributed by atoms with Crippen molar-refractivity contribution in [3.63, 3.8) is 0 Å². The maximum absolute atomic E-state index is 6.00. The first-order valence-electron chi connectivity index (χ1n) is 8.52. The highest BCUT2D eigenvalue weighted by molar-refractivity contribution is 5.40. The molecule has 6 nitrogen and oxygen atoms in total. The molecule has 2 fully saturated rings. The predicted molar refractivity (Wildman–Crippen MR) is 90.1 cm³/mol. The molecule has 1 saturated carbocycles. The lowest BCUT2D eigenvalue weighted by Gasteiger charge is -2.38. The van der Waals surface area contributed by atoms with Crippen molar-refractivity contribution in [1.82, 2.24) is 15.2 Å². The van der Waals surface area contributed by atoms with Crippen molar-refractivity contribution in [3.8, 4) is 5.88 Å². The van der Waals surface area contributed by atoms with Crippen molar-refractivity contribution >= 4 is 5.82 Å². The van der Waals surface area contributed by atoms with E-state index >= 15 is 0 Å². The first-order chi connectivity index (χ1) is 11.8. The molecule has 3 atom stereocenters. The summed E-state index contributed by atoms with van der Waals surface area (Å²) in [6, 6.07) is 10.2. The quantitative estimate of drug-likeness (QED) is 0.859. The third kappa shape index (κ3) is 3.19. The largest absolute Gasteiger partial charge is 0.477 e. The fourth-order valence-electron chi connectivity index (χ4n) is 3.65. The third-order valence-corrected chi connectivity index (χ3v) is 4.82. The highest BCUT2D eigenvalue weighted by Gasteiger charge is 2.41. The fourth-order valence-corrected chi connectivity index (χ4v) is 3.65. The molecule has 1 saturated heterocycles. The van der Waals surface area contributed by atoms with Gasteiger partial charge in [-0.1, -0.05) is 6.07 Å². The number of pyridine rings is 1. The Morgan fingerprint density at radius 3 is 2.96 bits per heavy atom. The summed E-state index contributed by atoms with van der Waals surface area (Å²) in [5, 5.41) is 8.56. The van der Waals surface area contributed by atoms with E-state index in [0.29, 0.717) is 24.4 Å². The number of hydrogen-bond acceptors (Lipinski definition) is 6. The lowest BCUT2D eigenvalue weighted by atomic mass is 10.1. The summed E-state index contributed by atoms with van der Waals surface area (Å²) in [5.41, 5.74) is 0.941. The molecule has 2 aromatic heterocycles. The van der Waals surface area contributed by atoms with Gasteiger partial charge in [0, 0.05) is 18.8 Å². The molecule has 0 spiro atoms. The summed E-state index contributed by atoms with van der Waals surface area (Å²) in [7, 11) is 0. The predicted octanol–water partition coefficient (Wildman–Crippen LogP) is 2.24. The van der Waals surface area contributed by atoms with Gasteiger partial charge in [-0.25, -0.2) is 4.98 Å². The molecule has 2 aliphatic rings.